The van der Waals surface area contributed by atoms with E-state index in [0.717, 1.165) is 32.4 Å². The van der Waals surface area contributed by atoms with Crippen LogP contribution in [0.2, 0.25) is 0 Å². The zero-order valence-corrected chi connectivity index (χ0v) is 14.5. The molecule has 0 unspecified atom stereocenters. The van der Waals surface area contributed by atoms with Crippen molar-refractivity contribution in [1.82, 2.24) is 10.6 Å². The smallest absolute Gasteiger partial charge is 0.00791 e. The van der Waals surface area contributed by atoms with Crippen molar-refractivity contribution in [3.63, 3.8) is 0 Å². The molecule has 2 heteroatoms. The third kappa shape index (κ3) is 7.45. The molecule has 2 nitrogen and oxygen atoms in total. The second kappa shape index (κ2) is 10.2. The van der Waals surface area contributed by atoms with E-state index in [9.17, 15) is 0 Å². The molecule has 0 spiro atoms. The van der Waals surface area contributed by atoms with E-state index in [1.54, 1.807) is 0 Å². The molecule has 0 saturated heterocycles. The van der Waals surface area contributed by atoms with Crippen LogP contribution < -0.4 is 10.6 Å². The Morgan fingerprint density at radius 1 is 0.652 bits per heavy atom. The SMILES string of the molecule is C[C@H](Cc1ccccc1)NCCCN[C@@H](C)Cc1ccccc1. The van der Waals surface area contributed by atoms with Gasteiger partial charge in [-0.05, 0) is 57.3 Å². The van der Waals surface area contributed by atoms with Gasteiger partial charge in [0.2, 0.25) is 0 Å². The maximum atomic E-state index is 3.61. The second-order valence-corrected chi connectivity index (χ2v) is 6.44. The molecule has 2 atom stereocenters. The van der Waals surface area contributed by atoms with Crippen LogP contribution in [0.25, 0.3) is 0 Å². The molecule has 0 bridgehead atoms. The fraction of sp³-hybridized carbons (Fsp3) is 0.429. The molecule has 124 valence electrons. The molecule has 23 heavy (non-hydrogen) atoms. The van der Waals surface area contributed by atoms with E-state index in [4.69, 9.17) is 0 Å². The van der Waals surface area contributed by atoms with Crippen LogP contribution in [0.1, 0.15) is 31.4 Å². The fourth-order valence-electron chi connectivity index (χ4n) is 2.86. The highest BCUT2D eigenvalue weighted by molar-refractivity contribution is 5.16. The van der Waals surface area contributed by atoms with Crippen molar-refractivity contribution in [1.29, 1.82) is 0 Å². The molecule has 2 aromatic carbocycles. The third-order valence-electron chi connectivity index (χ3n) is 4.11. The summed E-state index contributed by atoms with van der Waals surface area (Å²) in [6.07, 6.45) is 3.36. The monoisotopic (exact) mass is 310 g/mol. The van der Waals surface area contributed by atoms with Crippen molar-refractivity contribution < 1.29 is 0 Å². The predicted octanol–water partition coefficient (Wildman–Crippen LogP) is 3.82. The number of nitrogens with one attached hydrogen (secondary N) is 2. The molecule has 0 aliphatic carbocycles. The normalized spacial score (nSPS) is 13.7. The van der Waals surface area contributed by atoms with Crippen LogP contribution in [-0.4, -0.2) is 25.2 Å². The summed E-state index contributed by atoms with van der Waals surface area (Å²) >= 11 is 0. The van der Waals surface area contributed by atoms with Gasteiger partial charge in [-0.3, -0.25) is 0 Å². The van der Waals surface area contributed by atoms with E-state index in [-0.39, 0.29) is 0 Å². The largest absolute Gasteiger partial charge is 0.314 e. The lowest BCUT2D eigenvalue weighted by atomic mass is 10.1. The molecule has 0 saturated carbocycles. The Morgan fingerprint density at radius 3 is 1.43 bits per heavy atom. The highest BCUT2D eigenvalue weighted by atomic mass is 14.9. The van der Waals surface area contributed by atoms with Gasteiger partial charge in [-0.15, -0.1) is 0 Å². The van der Waals surface area contributed by atoms with Crippen molar-refractivity contribution in [2.24, 2.45) is 0 Å². The highest BCUT2D eigenvalue weighted by Crippen LogP contribution is 2.03. The zero-order valence-electron chi connectivity index (χ0n) is 14.5. The van der Waals surface area contributed by atoms with E-state index in [0.29, 0.717) is 12.1 Å². The maximum absolute atomic E-state index is 3.61. The molecule has 2 aromatic rings. The van der Waals surface area contributed by atoms with E-state index >= 15 is 0 Å². The van der Waals surface area contributed by atoms with E-state index < -0.39 is 0 Å². The summed E-state index contributed by atoms with van der Waals surface area (Å²) in [5, 5.41) is 7.23. The van der Waals surface area contributed by atoms with Gasteiger partial charge in [0.15, 0.2) is 0 Å². The van der Waals surface area contributed by atoms with Gasteiger partial charge in [-0.1, -0.05) is 60.7 Å². The first-order chi connectivity index (χ1) is 11.2. The van der Waals surface area contributed by atoms with Crippen LogP contribution in [0.3, 0.4) is 0 Å². The molecular weight excluding hydrogens is 280 g/mol. The Labute approximate surface area is 141 Å². The second-order valence-electron chi connectivity index (χ2n) is 6.44. The molecule has 0 heterocycles. The van der Waals surface area contributed by atoms with Gasteiger partial charge in [0.1, 0.15) is 0 Å². The first-order valence-electron chi connectivity index (χ1n) is 8.78. The Balaban J connectivity index is 1.53. The first kappa shape index (κ1) is 17.7. The number of benzene rings is 2. The first-order valence-corrected chi connectivity index (χ1v) is 8.78. The zero-order chi connectivity index (χ0) is 16.3. The van der Waals surface area contributed by atoms with Crippen molar-refractivity contribution in [3.8, 4) is 0 Å². The standard InChI is InChI=1S/C21H30N2/c1-18(16-20-10-5-3-6-11-20)22-14-9-15-23-19(2)17-21-12-7-4-8-13-21/h3-8,10-13,18-19,22-23H,9,14-17H2,1-2H3/t18-,19+. The maximum Gasteiger partial charge on any atom is 0.00791 e. The summed E-state index contributed by atoms with van der Waals surface area (Å²) in [7, 11) is 0. The van der Waals surface area contributed by atoms with Crippen molar-refractivity contribution >= 4 is 0 Å². The Bertz CT molecular complexity index is 475. The van der Waals surface area contributed by atoms with Crippen LogP contribution >= 0.6 is 0 Å². The Kier molecular flexibility index (Phi) is 7.85. The van der Waals surface area contributed by atoms with Gasteiger partial charge in [0.05, 0.1) is 0 Å². The minimum atomic E-state index is 0.527. The Hall–Kier alpha value is -1.64. The van der Waals surface area contributed by atoms with Crippen LogP contribution in [0, 0.1) is 0 Å². The minimum Gasteiger partial charge on any atom is -0.314 e. The summed E-state index contributed by atoms with van der Waals surface area (Å²) < 4.78 is 0. The lowest BCUT2D eigenvalue weighted by molar-refractivity contribution is 0.492. The lowest BCUT2D eigenvalue weighted by Gasteiger charge is -2.16. The minimum absolute atomic E-state index is 0.527. The quantitative estimate of drug-likeness (QED) is 0.652. The summed E-state index contributed by atoms with van der Waals surface area (Å²) in [5.41, 5.74) is 2.81. The molecule has 2 rings (SSSR count). The molecule has 0 aliphatic rings. The van der Waals surface area contributed by atoms with Gasteiger partial charge >= 0.3 is 0 Å². The summed E-state index contributed by atoms with van der Waals surface area (Å²) in [6, 6.07) is 22.4. The molecule has 0 aliphatic heterocycles. The van der Waals surface area contributed by atoms with Crippen molar-refractivity contribution in [2.45, 2.75) is 45.2 Å². The summed E-state index contributed by atoms with van der Waals surface area (Å²) in [5.74, 6) is 0. The summed E-state index contributed by atoms with van der Waals surface area (Å²) in [4.78, 5) is 0. The van der Waals surface area contributed by atoms with Gasteiger partial charge in [0.25, 0.3) is 0 Å². The van der Waals surface area contributed by atoms with E-state index in [2.05, 4.69) is 85.1 Å². The van der Waals surface area contributed by atoms with Crippen LogP contribution in [0.4, 0.5) is 0 Å². The molecule has 0 amide bonds. The average molecular weight is 310 g/mol. The molecular formula is C21H30N2. The molecule has 0 aromatic heterocycles. The molecule has 0 radical (unpaired) electrons. The Morgan fingerprint density at radius 2 is 1.04 bits per heavy atom. The van der Waals surface area contributed by atoms with Crippen LogP contribution in [0.15, 0.2) is 60.7 Å². The average Bonchev–Trinajstić information content (AvgIpc) is 2.56. The van der Waals surface area contributed by atoms with Crippen LogP contribution in [0.5, 0.6) is 0 Å². The molecule has 0 fully saturated rings. The number of rotatable bonds is 10. The number of hydrogen-bond donors (Lipinski definition) is 2. The fourth-order valence-corrected chi connectivity index (χ4v) is 2.86. The highest BCUT2D eigenvalue weighted by Gasteiger charge is 2.04. The topological polar surface area (TPSA) is 24.1 Å². The summed E-state index contributed by atoms with van der Waals surface area (Å²) in [6.45, 7) is 6.66. The predicted molar refractivity (Wildman–Crippen MR) is 99.8 cm³/mol. The number of hydrogen-bond acceptors (Lipinski definition) is 2. The van der Waals surface area contributed by atoms with Crippen LogP contribution in [-0.2, 0) is 12.8 Å². The van der Waals surface area contributed by atoms with Gasteiger partial charge in [-0.25, -0.2) is 0 Å². The van der Waals surface area contributed by atoms with Crippen molar-refractivity contribution in [3.05, 3.63) is 71.8 Å². The van der Waals surface area contributed by atoms with Crippen molar-refractivity contribution in [2.75, 3.05) is 13.1 Å². The van der Waals surface area contributed by atoms with Gasteiger partial charge in [-0.2, -0.15) is 0 Å². The van der Waals surface area contributed by atoms with E-state index in [1.165, 1.54) is 11.1 Å². The van der Waals surface area contributed by atoms with Gasteiger partial charge < -0.3 is 10.6 Å². The third-order valence-corrected chi connectivity index (χ3v) is 4.11. The van der Waals surface area contributed by atoms with Gasteiger partial charge in [0, 0.05) is 12.1 Å². The molecule has 2 N–H and O–H groups in total. The van der Waals surface area contributed by atoms with E-state index in [1.807, 2.05) is 0 Å². The lowest BCUT2D eigenvalue weighted by Crippen LogP contribution is -2.33.